The Morgan fingerprint density at radius 1 is 1.50 bits per heavy atom. The molecule has 0 unspecified atom stereocenters. The summed E-state index contributed by atoms with van der Waals surface area (Å²) in [5, 5.41) is 18.9. The molecule has 0 aliphatic rings. The van der Waals surface area contributed by atoms with Gasteiger partial charge >= 0.3 is 0 Å². The van der Waals surface area contributed by atoms with Gasteiger partial charge in [0.2, 0.25) is 6.20 Å². The summed E-state index contributed by atoms with van der Waals surface area (Å²) in [5.74, 6) is 0.0977. The lowest BCUT2D eigenvalue weighted by molar-refractivity contribution is -0.400. The van der Waals surface area contributed by atoms with Crippen LogP contribution in [-0.2, 0) is 0 Å². The molecule has 0 heterocycles. The Balaban J connectivity index is 2.83. The van der Waals surface area contributed by atoms with Crippen molar-refractivity contribution in [3.05, 3.63) is 46.1 Å². The number of nitrogens with zero attached hydrogens (tertiary/aromatic N) is 1. The third-order valence-electron chi connectivity index (χ3n) is 1.26. The summed E-state index contributed by atoms with van der Waals surface area (Å²) in [6, 6.07) is 6.23. The highest BCUT2D eigenvalue weighted by molar-refractivity contribution is 5.50. The summed E-state index contributed by atoms with van der Waals surface area (Å²) in [5.41, 5.74) is 0.603. The van der Waals surface area contributed by atoms with E-state index in [-0.39, 0.29) is 5.75 Å². The van der Waals surface area contributed by atoms with Crippen LogP contribution in [0.4, 0.5) is 0 Å². The summed E-state index contributed by atoms with van der Waals surface area (Å²) >= 11 is 0. The lowest BCUT2D eigenvalue weighted by atomic mass is 10.2. The van der Waals surface area contributed by atoms with Crippen LogP contribution in [0.5, 0.6) is 5.75 Å². The summed E-state index contributed by atoms with van der Waals surface area (Å²) in [7, 11) is 0. The van der Waals surface area contributed by atoms with E-state index in [4.69, 9.17) is 5.11 Å². The quantitative estimate of drug-likeness (QED) is 0.535. The predicted octanol–water partition coefficient (Wildman–Crippen LogP) is 1.64. The lowest BCUT2D eigenvalue weighted by Crippen LogP contribution is -1.81. The molecule has 0 atom stereocenters. The van der Waals surface area contributed by atoms with Gasteiger partial charge in [-0.15, -0.1) is 0 Å². The molecular formula is C8H7NO3. The molecule has 1 N–H and O–H groups in total. The van der Waals surface area contributed by atoms with Gasteiger partial charge < -0.3 is 5.11 Å². The van der Waals surface area contributed by atoms with E-state index in [1.54, 1.807) is 12.1 Å². The zero-order valence-corrected chi connectivity index (χ0v) is 6.18. The van der Waals surface area contributed by atoms with E-state index in [0.717, 1.165) is 6.20 Å². The first-order chi connectivity index (χ1) is 5.68. The van der Waals surface area contributed by atoms with Gasteiger partial charge in [0, 0.05) is 6.08 Å². The molecule has 0 saturated carbocycles. The topological polar surface area (TPSA) is 63.4 Å². The fraction of sp³-hybridized carbons (Fsp3) is 0. The molecule has 1 rings (SSSR count). The summed E-state index contributed by atoms with van der Waals surface area (Å²) in [6.07, 6.45) is 2.15. The molecule has 0 aliphatic heterocycles. The minimum absolute atomic E-state index is 0.0977. The van der Waals surface area contributed by atoms with Crippen LogP contribution in [-0.4, -0.2) is 10.0 Å². The van der Waals surface area contributed by atoms with Gasteiger partial charge in [0.05, 0.1) is 4.92 Å². The average Bonchev–Trinajstić information content (AvgIpc) is 2.01. The summed E-state index contributed by atoms with van der Waals surface area (Å²) < 4.78 is 0. The number of hydrogen-bond acceptors (Lipinski definition) is 3. The molecule has 62 valence electrons. The zero-order chi connectivity index (χ0) is 8.97. The zero-order valence-electron chi connectivity index (χ0n) is 6.18. The number of benzene rings is 1. The number of nitro groups is 1. The van der Waals surface area contributed by atoms with Crippen molar-refractivity contribution in [2.24, 2.45) is 0 Å². The largest absolute Gasteiger partial charge is 0.508 e. The first-order valence-corrected chi connectivity index (χ1v) is 3.29. The van der Waals surface area contributed by atoms with E-state index < -0.39 is 4.92 Å². The number of aromatic hydroxyl groups is 1. The van der Waals surface area contributed by atoms with Crippen LogP contribution in [0.1, 0.15) is 5.56 Å². The van der Waals surface area contributed by atoms with Gasteiger partial charge in [0.15, 0.2) is 0 Å². The van der Waals surface area contributed by atoms with Crippen LogP contribution in [0, 0.1) is 10.1 Å². The van der Waals surface area contributed by atoms with Crippen LogP contribution in [0.15, 0.2) is 30.5 Å². The molecule has 0 spiro atoms. The monoisotopic (exact) mass is 165 g/mol. The van der Waals surface area contributed by atoms with Crippen molar-refractivity contribution >= 4 is 6.08 Å². The molecule has 4 heteroatoms. The van der Waals surface area contributed by atoms with Crippen LogP contribution >= 0.6 is 0 Å². The molecular weight excluding hydrogens is 158 g/mol. The highest BCUT2D eigenvalue weighted by Gasteiger charge is 1.91. The SMILES string of the molecule is O=[N+]([O-])C=Cc1cccc(O)c1. The van der Waals surface area contributed by atoms with Gasteiger partial charge in [-0.1, -0.05) is 12.1 Å². The van der Waals surface area contributed by atoms with Crippen molar-refractivity contribution in [1.82, 2.24) is 0 Å². The van der Waals surface area contributed by atoms with Crippen molar-refractivity contribution in [3.63, 3.8) is 0 Å². The van der Waals surface area contributed by atoms with E-state index in [9.17, 15) is 10.1 Å². The molecule has 0 radical (unpaired) electrons. The second-order valence-corrected chi connectivity index (χ2v) is 2.20. The number of phenols is 1. The van der Waals surface area contributed by atoms with Gasteiger partial charge in [-0.05, 0) is 17.7 Å². The third-order valence-corrected chi connectivity index (χ3v) is 1.26. The Morgan fingerprint density at radius 3 is 2.83 bits per heavy atom. The van der Waals surface area contributed by atoms with Gasteiger partial charge in [0.25, 0.3) is 0 Å². The van der Waals surface area contributed by atoms with Crippen molar-refractivity contribution in [1.29, 1.82) is 0 Å². The van der Waals surface area contributed by atoms with Crippen LogP contribution in [0.25, 0.3) is 6.08 Å². The van der Waals surface area contributed by atoms with E-state index in [0.29, 0.717) is 5.56 Å². The predicted molar refractivity (Wildman–Crippen MR) is 44.1 cm³/mol. The highest BCUT2D eigenvalue weighted by atomic mass is 16.6. The third kappa shape index (κ3) is 2.42. The average molecular weight is 165 g/mol. The summed E-state index contributed by atoms with van der Waals surface area (Å²) in [6.45, 7) is 0. The second-order valence-electron chi connectivity index (χ2n) is 2.20. The fourth-order valence-corrected chi connectivity index (χ4v) is 0.775. The van der Waals surface area contributed by atoms with E-state index in [1.165, 1.54) is 18.2 Å². The maximum atomic E-state index is 9.91. The number of rotatable bonds is 2. The molecule has 0 bridgehead atoms. The Hall–Kier alpha value is -1.84. The van der Waals surface area contributed by atoms with E-state index in [1.807, 2.05) is 0 Å². The van der Waals surface area contributed by atoms with E-state index >= 15 is 0 Å². The van der Waals surface area contributed by atoms with Crippen LogP contribution in [0.2, 0.25) is 0 Å². The molecule has 12 heavy (non-hydrogen) atoms. The normalized spacial score (nSPS) is 10.3. The lowest BCUT2D eigenvalue weighted by Gasteiger charge is -1.91. The van der Waals surface area contributed by atoms with Crippen molar-refractivity contribution in [2.45, 2.75) is 0 Å². The minimum Gasteiger partial charge on any atom is -0.508 e. The van der Waals surface area contributed by atoms with Crippen molar-refractivity contribution in [2.75, 3.05) is 0 Å². The first-order valence-electron chi connectivity index (χ1n) is 3.29. The molecule has 0 aliphatic carbocycles. The van der Waals surface area contributed by atoms with Crippen molar-refractivity contribution in [3.8, 4) is 5.75 Å². The van der Waals surface area contributed by atoms with Gasteiger partial charge in [-0.25, -0.2) is 0 Å². The molecule has 1 aromatic rings. The Bertz CT molecular complexity index is 320. The Labute approximate surface area is 68.9 Å². The maximum absolute atomic E-state index is 9.91. The molecule has 0 amide bonds. The smallest absolute Gasteiger partial charge is 0.235 e. The molecule has 0 aromatic heterocycles. The minimum atomic E-state index is -0.552. The number of hydrogen-bond donors (Lipinski definition) is 1. The number of phenolic OH excluding ortho intramolecular Hbond substituents is 1. The second kappa shape index (κ2) is 3.52. The van der Waals surface area contributed by atoms with Gasteiger partial charge in [-0.3, -0.25) is 10.1 Å². The standard InChI is InChI=1S/C8H7NO3/c10-8-3-1-2-7(6-8)4-5-9(11)12/h1-6,10H. The van der Waals surface area contributed by atoms with E-state index in [2.05, 4.69) is 0 Å². The molecule has 0 saturated heterocycles. The summed E-state index contributed by atoms with van der Waals surface area (Å²) in [4.78, 5) is 9.36. The highest BCUT2D eigenvalue weighted by Crippen LogP contribution is 2.11. The van der Waals surface area contributed by atoms with Crippen LogP contribution < -0.4 is 0 Å². The molecule has 0 fully saturated rings. The Morgan fingerprint density at radius 2 is 2.25 bits per heavy atom. The van der Waals surface area contributed by atoms with Gasteiger partial charge in [-0.2, -0.15) is 0 Å². The molecule has 4 nitrogen and oxygen atoms in total. The van der Waals surface area contributed by atoms with Crippen molar-refractivity contribution < 1.29 is 10.0 Å². The first kappa shape index (κ1) is 8.26. The van der Waals surface area contributed by atoms with Gasteiger partial charge in [0.1, 0.15) is 5.75 Å². The fourth-order valence-electron chi connectivity index (χ4n) is 0.775. The Kier molecular flexibility index (Phi) is 2.42. The maximum Gasteiger partial charge on any atom is 0.235 e. The van der Waals surface area contributed by atoms with Crippen LogP contribution in [0.3, 0.4) is 0 Å². The molecule has 1 aromatic carbocycles.